The maximum Gasteiger partial charge on any atom is 0.156 e. The van der Waals surface area contributed by atoms with Crippen molar-refractivity contribution in [2.45, 2.75) is 25.4 Å². The van der Waals surface area contributed by atoms with Crippen molar-refractivity contribution in [1.29, 1.82) is 0 Å². The fraction of sp³-hybridized carbons (Fsp3) is 0.800. The van der Waals surface area contributed by atoms with Crippen LogP contribution in [0.5, 0.6) is 0 Å². The van der Waals surface area contributed by atoms with Crippen molar-refractivity contribution >= 4 is 23.9 Å². The average molecular weight is 231 g/mol. The fourth-order valence-corrected chi connectivity index (χ4v) is 2.22. The van der Waals surface area contributed by atoms with Gasteiger partial charge in [-0.15, -0.1) is 12.4 Å². The predicted molar refractivity (Wildman–Crippen MR) is 58.3 cm³/mol. The van der Waals surface area contributed by atoms with Gasteiger partial charge in [-0.3, -0.25) is 9.69 Å². The number of Topliss-reactive ketones (excluding diaryl/α,β-unsaturated/α-hetero) is 1. The predicted octanol–water partition coefficient (Wildman–Crippen LogP) is 0.848. The Hall–Kier alpha value is -0.610. The Morgan fingerprint density at radius 1 is 1.33 bits per heavy atom. The van der Waals surface area contributed by atoms with E-state index >= 15 is 0 Å². The van der Waals surface area contributed by atoms with Crippen LogP contribution in [-0.4, -0.2) is 42.1 Å². The Morgan fingerprint density at radius 3 is 2.67 bits per heavy atom. The largest absolute Gasteiger partial charge is 0.393 e. The van der Waals surface area contributed by atoms with Crippen LogP contribution < -0.4 is 0 Å². The smallest absolute Gasteiger partial charge is 0.156 e. The van der Waals surface area contributed by atoms with Crippen molar-refractivity contribution < 1.29 is 9.63 Å². The van der Waals surface area contributed by atoms with E-state index in [1.807, 2.05) is 0 Å². The summed E-state index contributed by atoms with van der Waals surface area (Å²) in [6.07, 6.45) is 3.83. The van der Waals surface area contributed by atoms with Gasteiger partial charge in [0.15, 0.2) is 5.78 Å². The maximum absolute atomic E-state index is 11.4. The summed E-state index contributed by atoms with van der Waals surface area (Å²) in [5.41, 5.74) is 0.952. The van der Waals surface area contributed by atoms with Crippen LogP contribution in [0, 0.1) is 5.92 Å². The van der Waals surface area contributed by atoms with E-state index in [9.17, 15) is 4.79 Å². The van der Waals surface area contributed by atoms with Crippen LogP contribution in [0.2, 0.25) is 0 Å². The van der Waals surface area contributed by atoms with Gasteiger partial charge in [0, 0.05) is 13.1 Å². The fourth-order valence-electron chi connectivity index (χ4n) is 2.22. The first-order valence-electron chi connectivity index (χ1n) is 5.30. The van der Waals surface area contributed by atoms with Crippen molar-refractivity contribution in [3.8, 4) is 0 Å². The van der Waals surface area contributed by atoms with E-state index in [0.29, 0.717) is 18.4 Å². The first kappa shape index (κ1) is 10.9. The summed E-state index contributed by atoms with van der Waals surface area (Å²) in [5.74, 6) is 0.363. The van der Waals surface area contributed by atoms with Crippen LogP contribution in [0.3, 0.4) is 0 Å². The molecule has 3 fully saturated rings. The lowest BCUT2D eigenvalue weighted by molar-refractivity contribution is -0.118. The number of hydrogen-bond acceptors (Lipinski definition) is 4. The van der Waals surface area contributed by atoms with Gasteiger partial charge in [0.1, 0.15) is 6.10 Å². The Labute approximate surface area is 95.0 Å². The quantitative estimate of drug-likeness (QED) is 0.661. The van der Waals surface area contributed by atoms with Gasteiger partial charge in [-0.25, -0.2) is 0 Å². The molecule has 2 heterocycles. The van der Waals surface area contributed by atoms with Crippen molar-refractivity contribution in [1.82, 2.24) is 4.90 Å². The molecule has 1 saturated carbocycles. The van der Waals surface area contributed by atoms with Gasteiger partial charge in [-0.1, -0.05) is 5.16 Å². The Morgan fingerprint density at radius 2 is 2.13 bits per heavy atom. The van der Waals surface area contributed by atoms with Crippen molar-refractivity contribution in [2.24, 2.45) is 11.1 Å². The molecule has 15 heavy (non-hydrogen) atoms. The summed E-state index contributed by atoms with van der Waals surface area (Å²) >= 11 is 0. The van der Waals surface area contributed by atoms with Gasteiger partial charge >= 0.3 is 0 Å². The second-order valence-corrected chi connectivity index (χ2v) is 4.43. The van der Waals surface area contributed by atoms with E-state index in [2.05, 4.69) is 10.1 Å². The summed E-state index contributed by atoms with van der Waals surface area (Å²) in [5, 5.41) is 4.13. The van der Waals surface area contributed by atoms with Crippen molar-refractivity contribution in [3.05, 3.63) is 0 Å². The zero-order chi connectivity index (χ0) is 9.54. The molecule has 2 atom stereocenters. The molecule has 0 N–H and O–H groups in total. The Balaban J connectivity index is 0.000000853. The SMILES string of the molecule is Cl.O=C1CN2CC(=NOC3CCC3)C1C2. The van der Waals surface area contributed by atoms with Gasteiger partial charge in [-0.05, 0) is 19.3 Å². The highest BCUT2D eigenvalue weighted by molar-refractivity contribution is 6.11. The number of halogens is 1. The lowest BCUT2D eigenvalue weighted by Gasteiger charge is -2.23. The van der Waals surface area contributed by atoms with Gasteiger partial charge in [0.25, 0.3) is 0 Å². The van der Waals surface area contributed by atoms with E-state index in [0.717, 1.165) is 31.6 Å². The topological polar surface area (TPSA) is 41.9 Å². The summed E-state index contributed by atoms with van der Waals surface area (Å²) in [6.45, 7) is 2.32. The summed E-state index contributed by atoms with van der Waals surface area (Å²) in [4.78, 5) is 18.9. The van der Waals surface area contributed by atoms with Crippen LogP contribution in [0.15, 0.2) is 5.16 Å². The number of hydrogen-bond donors (Lipinski definition) is 0. The number of nitrogens with zero attached hydrogens (tertiary/aromatic N) is 2. The van der Waals surface area contributed by atoms with Crippen LogP contribution in [0.25, 0.3) is 0 Å². The zero-order valence-electron chi connectivity index (χ0n) is 8.52. The number of piperidine rings is 1. The minimum atomic E-state index is 0. The molecule has 3 rings (SSSR count). The van der Waals surface area contributed by atoms with Gasteiger partial charge in [0.05, 0.1) is 18.2 Å². The molecule has 0 aromatic carbocycles. The lowest BCUT2D eigenvalue weighted by atomic mass is 9.97. The molecule has 84 valence electrons. The first-order valence-corrected chi connectivity index (χ1v) is 5.30. The highest BCUT2D eigenvalue weighted by Crippen LogP contribution is 2.25. The van der Waals surface area contributed by atoms with Gasteiger partial charge in [-0.2, -0.15) is 0 Å². The molecule has 3 aliphatic rings. The molecule has 5 heteroatoms. The first-order chi connectivity index (χ1) is 6.83. The molecule has 0 spiro atoms. The molecule has 2 aliphatic heterocycles. The monoisotopic (exact) mass is 230 g/mol. The number of fused-ring (bicyclic) bond motifs is 2. The number of carbonyl (C=O) groups is 1. The van der Waals surface area contributed by atoms with Crippen LogP contribution in [0.4, 0.5) is 0 Å². The van der Waals surface area contributed by atoms with E-state index in [-0.39, 0.29) is 18.3 Å². The van der Waals surface area contributed by atoms with Crippen LogP contribution >= 0.6 is 12.4 Å². The Bertz CT molecular complexity index is 302. The van der Waals surface area contributed by atoms with Crippen molar-refractivity contribution in [3.63, 3.8) is 0 Å². The molecule has 2 saturated heterocycles. The minimum Gasteiger partial charge on any atom is -0.393 e. The highest BCUT2D eigenvalue weighted by Gasteiger charge is 2.42. The zero-order valence-corrected chi connectivity index (χ0v) is 9.33. The minimum absolute atomic E-state index is 0. The van der Waals surface area contributed by atoms with Gasteiger partial charge < -0.3 is 4.84 Å². The summed E-state index contributed by atoms with van der Waals surface area (Å²) in [7, 11) is 0. The normalized spacial score (nSPS) is 36.5. The average Bonchev–Trinajstić information content (AvgIpc) is 2.59. The van der Waals surface area contributed by atoms with Crippen LogP contribution in [0.1, 0.15) is 19.3 Å². The molecular formula is C10H15ClN2O2. The van der Waals surface area contributed by atoms with E-state index in [1.54, 1.807) is 0 Å². The third kappa shape index (κ3) is 1.88. The summed E-state index contributed by atoms with van der Waals surface area (Å²) < 4.78 is 0. The second kappa shape index (κ2) is 4.10. The number of rotatable bonds is 2. The number of carbonyl (C=O) groups excluding carboxylic acids is 1. The van der Waals surface area contributed by atoms with Crippen molar-refractivity contribution in [2.75, 3.05) is 19.6 Å². The lowest BCUT2D eigenvalue weighted by Crippen LogP contribution is -2.31. The maximum atomic E-state index is 11.4. The molecule has 2 bridgehead atoms. The second-order valence-electron chi connectivity index (χ2n) is 4.43. The molecule has 4 nitrogen and oxygen atoms in total. The van der Waals surface area contributed by atoms with Crippen LogP contribution in [-0.2, 0) is 9.63 Å². The molecule has 2 unspecified atom stereocenters. The molecule has 0 radical (unpaired) electrons. The molecule has 0 amide bonds. The molecule has 1 aliphatic carbocycles. The molecular weight excluding hydrogens is 216 g/mol. The van der Waals surface area contributed by atoms with E-state index in [1.165, 1.54) is 6.42 Å². The molecule has 0 aromatic heterocycles. The summed E-state index contributed by atoms with van der Waals surface area (Å²) in [6, 6.07) is 0. The highest BCUT2D eigenvalue weighted by atomic mass is 35.5. The molecule has 0 aromatic rings. The third-order valence-electron chi connectivity index (χ3n) is 3.37. The standard InChI is InChI=1S/C10H14N2O2.ClH/c13-10-6-12-4-8(10)9(5-12)11-14-7-2-1-3-7;/h7-8H,1-6H2;1H. The van der Waals surface area contributed by atoms with E-state index < -0.39 is 0 Å². The number of ketones is 1. The van der Waals surface area contributed by atoms with Gasteiger partial charge in [0.2, 0.25) is 0 Å². The third-order valence-corrected chi connectivity index (χ3v) is 3.37. The number of oxime groups is 1. The van der Waals surface area contributed by atoms with E-state index in [4.69, 9.17) is 4.84 Å². The Kier molecular flexibility index (Phi) is 2.98.